The van der Waals surface area contributed by atoms with Gasteiger partial charge in [0.25, 0.3) is 0 Å². The van der Waals surface area contributed by atoms with Gasteiger partial charge >= 0.3 is 0 Å². The molecule has 62 valence electrons. The molecule has 0 aliphatic heterocycles. The van der Waals surface area contributed by atoms with Gasteiger partial charge in [0.15, 0.2) is 0 Å². The summed E-state index contributed by atoms with van der Waals surface area (Å²) in [5.41, 5.74) is 11.4. The fourth-order valence-electron chi connectivity index (χ4n) is 1.15. The third kappa shape index (κ3) is 1.77. The van der Waals surface area contributed by atoms with E-state index in [2.05, 4.69) is 23.9 Å². The largest absolute Gasteiger partial charge is 0.0613 e. The van der Waals surface area contributed by atoms with Crippen LogP contribution in [0.5, 0.6) is 0 Å². The van der Waals surface area contributed by atoms with Gasteiger partial charge in [-0.1, -0.05) is 24.2 Å². The molecule has 0 saturated carbocycles. The molecule has 0 unspecified atom stereocenters. The minimum Gasteiger partial charge on any atom is -0.0613 e. The van der Waals surface area contributed by atoms with E-state index in [0.717, 1.165) is 6.42 Å². The lowest BCUT2D eigenvalue weighted by atomic mass is 10.1. The molecule has 0 radical (unpaired) electrons. The number of rotatable bonds is 2. The summed E-state index contributed by atoms with van der Waals surface area (Å²) in [6.45, 7) is 4.14. The Labute approximate surface area is 71.7 Å². The van der Waals surface area contributed by atoms with Gasteiger partial charge in [0.2, 0.25) is 0 Å². The van der Waals surface area contributed by atoms with E-state index in [1.807, 2.05) is 18.2 Å². The monoisotopic (exact) mass is 161 g/mol. The molecule has 0 saturated heterocycles. The third-order valence-corrected chi connectivity index (χ3v) is 1.87. The van der Waals surface area contributed by atoms with E-state index in [1.165, 1.54) is 11.1 Å². The standard InChI is InChI=1S/C9H11N3/c1-3-8-6-9(11-12-10)5-4-7(8)2/h4-6H,3H2,1-2H3. The summed E-state index contributed by atoms with van der Waals surface area (Å²) >= 11 is 0. The number of benzene rings is 1. The first-order valence-electron chi connectivity index (χ1n) is 3.92. The molecule has 1 aromatic rings. The van der Waals surface area contributed by atoms with E-state index in [4.69, 9.17) is 5.53 Å². The molecule has 1 aromatic carbocycles. The average molecular weight is 161 g/mol. The Morgan fingerprint density at radius 1 is 1.50 bits per heavy atom. The van der Waals surface area contributed by atoms with Crippen LogP contribution in [0.15, 0.2) is 23.3 Å². The normalized spacial score (nSPS) is 9.17. The SMILES string of the molecule is CCc1cc(N=[N+]=[N-])ccc1C. The van der Waals surface area contributed by atoms with Crippen LogP contribution in [-0.4, -0.2) is 0 Å². The van der Waals surface area contributed by atoms with Gasteiger partial charge in [-0.25, -0.2) is 0 Å². The molecule has 0 aliphatic carbocycles. The molecule has 0 aromatic heterocycles. The average Bonchev–Trinajstić information content (AvgIpc) is 2.09. The lowest BCUT2D eigenvalue weighted by Gasteiger charge is -2.02. The number of aryl methyl sites for hydroxylation is 2. The predicted octanol–water partition coefficient (Wildman–Crippen LogP) is 3.50. The molecule has 0 N–H and O–H groups in total. The number of nitrogens with zero attached hydrogens (tertiary/aromatic N) is 3. The molecular weight excluding hydrogens is 150 g/mol. The lowest BCUT2D eigenvalue weighted by molar-refractivity contribution is 1.11. The molecule has 0 amide bonds. The summed E-state index contributed by atoms with van der Waals surface area (Å²) in [6.07, 6.45) is 0.973. The van der Waals surface area contributed by atoms with Crippen molar-refractivity contribution in [2.45, 2.75) is 20.3 Å². The maximum Gasteiger partial charge on any atom is 0.0378 e. The lowest BCUT2D eigenvalue weighted by Crippen LogP contribution is -1.83. The summed E-state index contributed by atoms with van der Waals surface area (Å²) < 4.78 is 0. The first-order valence-corrected chi connectivity index (χ1v) is 3.92. The van der Waals surface area contributed by atoms with E-state index < -0.39 is 0 Å². The van der Waals surface area contributed by atoms with Crippen molar-refractivity contribution < 1.29 is 0 Å². The van der Waals surface area contributed by atoms with Crippen LogP contribution in [0, 0.1) is 6.92 Å². The molecule has 0 aliphatic rings. The van der Waals surface area contributed by atoms with Crippen molar-refractivity contribution in [3.63, 3.8) is 0 Å². The van der Waals surface area contributed by atoms with Crippen molar-refractivity contribution in [1.29, 1.82) is 0 Å². The topological polar surface area (TPSA) is 48.8 Å². The Morgan fingerprint density at radius 3 is 2.83 bits per heavy atom. The van der Waals surface area contributed by atoms with Crippen molar-refractivity contribution in [3.8, 4) is 0 Å². The second kappa shape index (κ2) is 3.79. The quantitative estimate of drug-likeness (QED) is 0.362. The van der Waals surface area contributed by atoms with E-state index in [-0.39, 0.29) is 0 Å². The number of azide groups is 1. The van der Waals surface area contributed by atoms with Crippen molar-refractivity contribution in [2.24, 2.45) is 5.11 Å². The van der Waals surface area contributed by atoms with E-state index in [1.54, 1.807) is 0 Å². The van der Waals surface area contributed by atoms with Gasteiger partial charge in [-0.3, -0.25) is 0 Å². The van der Waals surface area contributed by atoms with Gasteiger partial charge in [0.1, 0.15) is 0 Å². The number of hydrogen-bond acceptors (Lipinski definition) is 1. The van der Waals surface area contributed by atoms with Crippen LogP contribution >= 0.6 is 0 Å². The Kier molecular flexibility index (Phi) is 2.72. The van der Waals surface area contributed by atoms with Crippen molar-refractivity contribution in [3.05, 3.63) is 39.8 Å². The van der Waals surface area contributed by atoms with E-state index in [9.17, 15) is 0 Å². The highest BCUT2D eigenvalue weighted by atomic mass is 15.1. The Bertz CT molecular complexity index is 325. The van der Waals surface area contributed by atoms with Crippen LogP contribution in [0.1, 0.15) is 18.1 Å². The van der Waals surface area contributed by atoms with E-state index in [0.29, 0.717) is 5.69 Å². The van der Waals surface area contributed by atoms with Crippen molar-refractivity contribution in [1.82, 2.24) is 0 Å². The highest BCUT2D eigenvalue weighted by molar-refractivity contribution is 5.43. The Balaban J connectivity index is 3.13. The Hall–Kier alpha value is -1.47. The molecule has 3 heteroatoms. The van der Waals surface area contributed by atoms with Crippen LogP contribution in [0.4, 0.5) is 5.69 Å². The first kappa shape index (κ1) is 8.62. The second-order valence-corrected chi connectivity index (χ2v) is 2.65. The van der Waals surface area contributed by atoms with Crippen LogP contribution in [0.3, 0.4) is 0 Å². The summed E-state index contributed by atoms with van der Waals surface area (Å²) in [4.78, 5) is 2.74. The summed E-state index contributed by atoms with van der Waals surface area (Å²) in [6, 6.07) is 5.73. The fourth-order valence-corrected chi connectivity index (χ4v) is 1.15. The Morgan fingerprint density at radius 2 is 2.25 bits per heavy atom. The summed E-state index contributed by atoms with van der Waals surface area (Å²) in [7, 11) is 0. The molecule has 1 rings (SSSR count). The molecule has 0 fully saturated rings. The molecule has 3 nitrogen and oxygen atoms in total. The number of hydrogen-bond donors (Lipinski definition) is 0. The van der Waals surface area contributed by atoms with Gasteiger partial charge in [0, 0.05) is 10.6 Å². The first-order chi connectivity index (χ1) is 5.77. The summed E-state index contributed by atoms with van der Waals surface area (Å²) in [5.74, 6) is 0. The maximum atomic E-state index is 8.21. The molecule has 0 atom stereocenters. The third-order valence-electron chi connectivity index (χ3n) is 1.87. The second-order valence-electron chi connectivity index (χ2n) is 2.65. The fraction of sp³-hybridized carbons (Fsp3) is 0.333. The smallest absolute Gasteiger partial charge is 0.0378 e. The molecular formula is C9H11N3. The van der Waals surface area contributed by atoms with Gasteiger partial charge in [-0.15, -0.1) is 0 Å². The highest BCUT2D eigenvalue weighted by Crippen LogP contribution is 2.18. The van der Waals surface area contributed by atoms with Gasteiger partial charge < -0.3 is 0 Å². The van der Waals surface area contributed by atoms with Crippen LogP contribution in [0.2, 0.25) is 0 Å². The predicted molar refractivity (Wildman–Crippen MR) is 49.4 cm³/mol. The van der Waals surface area contributed by atoms with Crippen LogP contribution in [0.25, 0.3) is 10.4 Å². The van der Waals surface area contributed by atoms with Crippen LogP contribution < -0.4 is 0 Å². The van der Waals surface area contributed by atoms with Gasteiger partial charge in [-0.2, -0.15) is 0 Å². The minimum atomic E-state index is 0.694. The van der Waals surface area contributed by atoms with Gasteiger partial charge in [0.05, 0.1) is 0 Å². The zero-order valence-electron chi connectivity index (χ0n) is 7.28. The summed E-state index contributed by atoms with van der Waals surface area (Å²) in [5, 5.41) is 3.54. The minimum absolute atomic E-state index is 0.694. The maximum absolute atomic E-state index is 8.21. The van der Waals surface area contributed by atoms with E-state index >= 15 is 0 Å². The van der Waals surface area contributed by atoms with Gasteiger partial charge in [-0.05, 0) is 36.1 Å². The molecule has 0 bridgehead atoms. The highest BCUT2D eigenvalue weighted by Gasteiger charge is 1.95. The van der Waals surface area contributed by atoms with Crippen LogP contribution in [-0.2, 0) is 6.42 Å². The zero-order chi connectivity index (χ0) is 8.97. The van der Waals surface area contributed by atoms with Crippen molar-refractivity contribution >= 4 is 5.69 Å². The zero-order valence-corrected chi connectivity index (χ0v) is 7.28. The molecule has 0 spiro atoms. The van der Waals surface area contributed by atoms with Crippen molar-refractivity contribution in [2.75, 3.05) is 0 Å². The molecule has 0 heterocycles. The molecule has 12 heavy (non-hydrogen) atoms.